The van der Waals surface area contributed by atoms with Gasteiger partial charge in [0.25, 0.3) is 0 Å². The van der Waals surface area contributed by atoms with E-state index in [-0.39, 0.29) is 0 Å². The Morgan fingerprint density at radius 2 is 2.07 bits per heavy atom. The van der Waals surface area contributed by atoms with Crippen molar-refractivity contribution in [1.29, 1.82) is 0 Å². The maximum Gasteiger partial charge on any atom is 0.130 e. The van der Waals surface area contributed by atoms with Gasteiger partial charge < -0.3 is 10.2 Å². The third kappa shape index (κ3) is 4.36. The van der Waals surface area contributed by atoms with Crippen molar-refractivity contribution in [2.45, 2.75) is 19.9 Å². The normalized spacial score (nSPS) is 11.0. The summed E-state index contributed by atoms with van der Waals surface area (Å²) in [4.78, 5) is 11.1. The molecule has 0 spiro atoms. The first kappa shape index (κ1) is 12.1. The molecule has 0 aliphatic rings. The quantitative estimate of drug-likeness (QED) is 0.769. The van der Waals surface area contributed by atoms with Crippen LogP contribution in [0.1, 0.15) is 17.2 Å². The van der Waals surface area contributed by atoms with Crippen LogP contribution in [-0.2, 0) is 13.0 Å². The molecule has 0 saturated carbocycles. The van der Waals surface area contributed by atoms with Crippen LogP contribution in [0.25, 0.3) is 0 Å². The van der Waals surface area contributed by atoms with Crippen molar-refractivity contribution in [2.24, 2.45) is 0 Å². The average molecular weight is 208 g/mol. The molecule has 84 valence electrons. The maximum atomic E-state index is 4.50. The first-order chi connectivity index (χ1) is 7.11. The number of likely N-dealkylation sites (N-methyl/N-ethyl adjacent to an activating group) is 1. The van der Waals surface area contributed by atoms with Crippen LogP contribution in [0.5, 0.6) is 0 Å². The second kappa shape index (κ2) is 5.78. The number of hydrogen-bond donors (Lipinski definition) is 1. The average Bonchev–Trinajstić information content (AvgIpc) is 2.14. The Balaban J connectivity index is 2.70. The van der Waals surface area contributed by atoms with Crippen LogP contribution >= 0.6 is 0 Å². The van der Waals surface area contributed by atoms with Gasteiger partial charge in [-0.3, -0.25) is 0 Å². The topological polar surface area (TPSA) is 41.1 Å². The van der Waals surface area contributed by atoms with E-state index in [0.29, 0.717) is 0 Å². The summed E-state index contributed by atoms with van der Waals surface area (Å²) < 4.78 is 0. The van der Waals surface area contributed by atoms with E-state index in [1.165, 1.54) is 0 Å². The van der Waals surface area contributed by atoms with Gasteiger partial charge in [-0.15, -0.1) is 0 Å². The minimum Gasteiger partial charge on any atom is -0.314 e. The van der Waals surface area contributed by atoms with Crippen LogP contribution < -0.4 is 5.32 Å². The van der Waals surface area contributed by atoms with Crippen LogP contribution in [0, 0.1) is 6.92 Å². The van der Waals surface area contributed by atoms with Crippen molar-refractivity contribution < 1.29 is 0 Å². The van der Waals surface area contributed by atoms with Gasteiger partial charge in [0.2, 0.25) is 0 Å². The number of nitrogens with one attached hydrogen (secondary N) is 1. The lowest BCUT2D eigenvalue weighted by atomic mass is 10.3. The SMILES string of the molecule is CNCc1cc(C)nc(CCN(C)C)n1. The van der Waals surface area contributed by atoms with Crippen molar-refractivity contribution in [1.82, 2.24) is 20.2 Å². The highest BCUT2D eigenvalue weighted by atomic mass is 15.1. The van der Waals surface area contributed by atoms with E-state index in [1.807, 2.05) is 20.0 Å². The van der Waals surface area contributed by atoms with E-state index in [1.54, 1.807) is 0 Å². The van der Waals surface area contributed by atoms with Gasteiger partial charge in [-0.25, -0.2) is 9.97 Å². The summed E-state index contributed by atoms with van der Waals surface area (Å²) in [5.41, 5.74) is 2.11. The minimum atomic E-state index is 0.804. The highest BCUT2D eigenvalue weighted by Gasteiger charge is 2.02. The molecule has 0 aromatic carbocycles. The van der Waals surface area contributed by atoms with E-state index in [4.69, 9.17) is 0 Å². The minimum absolute atomic E-state index is 0.804. The molecule has 0 aliphatic carbocycles. The fourth-order valence-electron chi connectivity index (χ4n) is 1.41. The zero-order valence-corrected chi connectivity index (χ0v) is 10.0. The highest BCUT2D eigenvalue weighted by molar-refractivity contribution is 5.10. The Bertz CT molecular complexity index is 309. The first-order valence-electron chi connectivity index (χ1n) is 5.24. The Morgan fingerprint density at radius 3 is 2.67 bits per heavy atom. The molecule has 1 N–H and O–H groups in total. The van der Waals surface area contributed by atoms with E-state index in [0.717, 1.165) is 36.7 Å². The number of aryl methyl sites for hydroxylation is 1. The zero-order valence-electron chi connectivity index (χ0n) is 10.0. The summed E-state index contributed by atoms with van der Waals surface area (Å²) in [6.45, 7) is 3.81. The second-order valence-electron chi connectivity index (χ2n) is 4.00. The van der Waals surface area contributed by atoms with Crippen LogP contribution in [0.4, 0.5) is 0 Å². The summed E-state index contributed by atoms with van der Waals surface area (Å²) in [5.74, 6) is 0.939. The standard InChI is InChI=1S/C11H20N4/c1-9-7-10(8-12-2)14-11(13-9)5-6-15(3)4/h7,12H,5-6,8H2,1-4H3. The Morgan fingerprint density at radius 1 is 1.33 bits per heavy atom. The summed E-state index contributed by atoms with van der Waals surface area (Å²) in [5, 5.41) is 3.10. The number of aromatic nitrogens is 2. The molecule has 1 aromatic heterocycles. The number of nitrogens with zero attached hydrogens (tertiary/aromatic N) is 3. The van der Waals surface area contributed by atoms with Gasteiger partial charge in [0.05, 0.1) is 5.69 Å². The lowest BCUT2D eigenvalue weighted by Crippen LogP contribution is -2.17. The molecule has 0 aliphatic heterocycles. The van der Waals surface area contributed by atoms with E-state index >= 15 is 0 Å². The predicted octanol–water partition coefficient (Wildman–Crippen LogP) is 0.609. The summed E-state index contributed by atoms with van der Waals surface area (Å²) >= 11 is 0. The Labute approximate surface area is 91.7 Å². The van der Waals surface area contributed by atoms with Crippen LogP contribution in [0.15, 0.2) is 6.07 Å². The third-order valence-corrected chi connectivity index (χ3v) is 2.09. The zero-order chi connectivity index (χ0) is 11.3. The largest absolute Gasteiger partial charge is 0.314 e. The fourth-order valence-corrected chi connectivity index (χ4v) is 1.41. The maximum absolute atomic E-state index is 4.50. The van der Waals surface area contributed by atoms with Crippen molar-refractivity contribution in [3.8, 4) is 0 Å². The molecular formula is C11H20N4. The van der Waals surface area contributed by atoms with Crippen molar-refractivity contribution in [2.75, 3.05) is 27.7 Å². The predicted molar refractivity (Wildman–Crippen MR) is 61.8 cm³/mol. The van der Waals surface area contributed by atoms with E-state index in [2.05, 4.69) is 34.3 Å². The summed E-state index contributed by atoms with van der Waals surface area (Å²) in [7, 11) is 6.05. The van der Waals surface area contributed by atoms with Crippen LogP contribution in [0.2, 0.25) is 0 Å². The Hall–Kier alpha value is -1.00. The smallest absolute Gasteiger partial charge is 0.130 e. The first-order valence-corrected chi connectivity index (χ1v) is 5.24. The van der Waals surface area contributed by atoms with Crippen molar-refractivity contribution in [3.63, 3.8) is 0 Å². The van der Waals surface area contributed by atoms with Crippen molar-refractivity contribution in [3.05, 3.63) is 23.3 Å². The molecule has 0 saturated heterocycles. The van der Waals surface area contributed by atoms with Gasteiger partial charge in [-0.05, 0) is 34.1 Å². The van der Waals surface area contributed by atoms with Crippen LogP contribution in [-0.4, -0.2) is 42.6 Å². The van der Waals surface area contributed by atoms with Gasteiger partial charge in [0, 0.05) is 25.2 Å². The molecule has 0 atom stereocenters. The van der Waals surface area contributed by atoms with Gasteiger partial charge in [-0.1, -0.05) is 0 Å². The van der Waals surface area contributed by atoms with E-state index in [9.17, 15) is 0 Å². The molecular weight excluding hydrogens is 188 g/mol. The van der Waals surface area contributed by atoms with Crippen molar-refractivity contribution >= 4 is 0 Å². The molecule has 1 heterocycles. The van der Waals surface area contributed by atoms with Crippen LogP contribution in [0.3, 0.4) is 0 Å². The lowest BCUT2D eigenvalue weighted by Gasteiger charge is -2.09. The number of hydrogen-bond acceptors (Lipinski definition) is 4. The summed E-state index contributed by atoms with van der Waals surface area (Å²) in [6.07, 6.45) is 0.908. The third-order valence-electron chi connectivity index (χ3n) is 2.09. The molecule has 0 unspecified atom stereocenters. The molecule has 15 heavy (non-hydrogen) atoms. The molecule has 4 heteroatoms. The molecule has 0 amide bonds. The second-order valence-corrected chi connectivity index (χ2v) is 4.00. The summed E-state index contributed by atoms with van der Waals surface area (Å²) in [6, 6.07) is 2.02. The van der Waals surface area contributed by atoms with E-state index < -0.39 is 0 Å². The van der Waals surface area contributed by atoms with Gasteiger partial charge in [0.1, 0.15) is 5.82 Å². The molecule has 1 aromatic rings. The monoisotopic (exact) mass is 208 g/mol. The molecule has 0 bridgehead atoms. The lowest BCUT2D eigenvalue weighted by molar-refractivity contribution is 0.409. The molecule has 0 fully saturated rings. The number of rotatable bonds is 5. The molecule has 0 radical (unpaired) electrons. The van der Waals surface area contributed by atoms with Gasteiger partial charge in [-0.2, -0.15) is 0 Å². The van der Waals surface area contributed by atoms with Gasteiger partial charge in [0.15, 0.2) is 0 Å². The Kier molecular flexibility index (Phi) is 4.65. The fraction of sp³-hybridized carbons (Fsp3) is 0.636. The molecule has 1 rings (SSSR count). The van der Waals surface area contributed by atoms with Gasteiger partial charge >= 0.3 is 0 Å². The highest BCUT2D eigenvalue weighted by Crippen LogP contribution is 2.01. The molecule has 4 nitrogen and oxygen atoms in total.